The van der Waals surface area contributed by atoms with Gasteiger partial charge in [0.1, 0.15) is 0 Å². The van der Waals surface area contributed by atoms with Gasteiger partial charge in [0.05, 0.1) is 0 Å². The molecule has 32 valence electrons. The van der Waals surface area contributed by atoms with Crippen LogP contribution in [0.5, 0.6) is 0 Å². The standard InChI is InChI=1S/C2H6NOS/c1-3-5(2)4/h1-2H3/q-1. The van der Waals surface area contributed by atoms with Crippen LogP contribution in [-0.2, 0) is 14.8 Å². The molecule has 0 spiro atoms. The summed E-state index contributed by atoms with van der Waals surface area (Å²) >= 11 is 0. The fraction of sp³-hybridized carbons (Fsp3) is 1.00. The number of hydrogen-bond acceptors (Lipinski definition) is 3. The predicted molar refractivity (Wildman–Crippen MR) is 22.3 cm³/mol. The molecule has 0 N–H and O–H groups in total. The van der Waals surface area contributed by atoms with Crippen LogP contribution >= 0.6 is 0 Å². The van der Waals surface area contributed by atoms with Crippen molar-refractivity contribution in [2.75, 3.05) is 13.3 Å². The number of rotatable bonds is 0. The van der Waals surface area contributed by atoms with Gasteiger partial charge in [0.25, 0.3) is 0 Å². The highest BCUT2D eigenvalue weighted by Crippen LogP contribution is 1.53. The highest BCUT2D eigenvalue weighted by molar-refractivity contribution is 7.73. The van der Waals surface area contributed by atoms with Crippen LogP contribution in [0.2, 0.25) is 0 Å². The van der Waals surface area contributed by atoms with E-state index in [4.69, 9.17) is 0 Å². The van der Waals surface area contributed by atoms with Gasteiger partial charge in [0.15, 0.2) is 0 Å². The third kappa shape index (κ3) is 3.95. The Morgan fingerprint density at radius 1 is 1.80 bits per heavy atom. The zero-order valence-electron chi connectivity index (χ0n) is 3.26. The van der Waals surface area contributed by atoms with Gasteiger partial charge in [-0.15, -0.1) is 6.26 Å². The molecule has 0 bridgehead atoms. The van der Waals surface area contributed by atoms with E-state index in [9.17, 15) is 4.21 Å². The maximum absolute atomic E-state index is 9.76. The summed E-state index contributed by atoms with van der Waals surface area (Å²) in [6.07, 6.45) is 1.53. The van der Waals surface area contributed by atoms with Crippen molar-refractivity contribution < 1.29 is 4.21 Å². The van der Waals surface area contributed by atoms with Crippen molar-refractivity contribution in [3.8, 4) is 0 Å². The van der Waals surface area contributed by atoms with Crippen molar-refractivity contribution >= 4 is 10.6 Å². The summed E-state index contributed by atoms with van der Waals surface area (Å²) in [6.45, 7) is 0. The van der Waals surface area contributed by atoms with Gasteiger partial charge in [-0.25, -0.2) is 0 Å². The quantitative estimate of drug-likeness (QED) is 0.397. The highest BCUT2D eigenvalue weighted by atomic mass is 32.2. The molecule has 2 nitrogen and oxygen atoms in total. The molecule has 0 rings (SSSR count). The minimum absolute atomic E-state index is 0.948. The van der Waals surface area contributed by atoms with Crippen LogP contribution in [0, 0.1) is 0 Å². The summed E-state index contributed by atoms with van der Waals surface area (Å²) in [5, 5.41) is 0. The fourth-order valence-electron chi connectivity index (χ4n) is 0. The molecule has 0 radical (unpaired) electrons. The van der Waals surface area contributed by atoms with Crippen LogP contribution in [0.1, 0.15) is 0 Å². The molecule has 3 heteroatoms. The van der Waals surface area contributed by atoms with Crippen LogP contribution in [-0.4, -0.2) is 13.3 Å². The average molecular weight is 92.1 g/mol. The van der Waals surface area contributed by atoms with Crippen LogP contribution in [0.25, 0.3) is 0 Å². The zero-order valence-corrected chi connectivity index (χ0v) is 4.08. The van der Waals surface area contributed by atoms with E-state index < -0.39 is 10.6 Å². The summed E-state index contributed by atoms with van der Waals surface area (Å²) in [6, 6.07) is 0. The van der Waals surface area contributed by atoms with E-state index in [0.717, 1.165) is 0 Å². The van der Waals surface area contributed by atoms with Crippen LogP contribution in [0.4, 0.5) is 0 Å². The molecule has 0 aromatic rings. The maximum Gasteiger partial charge on any atom is 0.000771 e. The lowest BCUT2D eigenvalue weighted by Gasteiger charge is -1.78. The van der Waals surface area contributed by atoms with E-state index in [1.807, 2.05) is 0 Å². The first kappa shape index (κ1) is 4.95. The third-order valence-corrected chi connectivity index (χ3v) is 0.771. The number of hydrogen-bond donors (Lipinski definition) is 0. The van der Waals surface area contributed by atoms with Gasteiger partial charge in [-0.1, -0.05) is 0 Å². The van der Waals surface area contributed by atoms with E-state index in [2.05, 4.69) is 4.36 Å². The van der Waals surface area contributed by atoms with Gasteiger partial charge < -0.3 is 8.57 Å². The highest BCUT2D eigenvalue weighted by Gasteiger charge is 1.32. The second-order valence-corrected chi connectivity index (χ2v) is 1.82. The molecule has 0 fully saturated rings. The first-order valence-electron chi connectivity index (χ1n) is 1.20. The molecule has 0 heterocycles. The van der Waals surface area contributed by atoms with Crippen molar-refractivity contribution in [2.45, 2.75) is 0 Å². The maximum atomic E-state index is 9.76. The lowest BCUT2D eigenvalue weighted by atomic mass is 11.6. The molecule has 0 saturated carbocycles. The fourth-order valence-corrected chi connectivity index (χ4v) is 0. The van der Waals surface area contributed by atoms with Crippen molar-refractivity contribution in [2.24, 2.45) is 4.36 Å². The second kappa shape index (κ2) is 2.20. The van der Waals surface area contributed by atoms with Gasteiger partial charge >= 0.3 is 0 Å². The smallest absolute Gasteiger partial charge is 0.000771 e. The number of nitrogens with zero attached hydrogens (tertiary/aromatic N) is 1. The summed E-state index contributed by atoms with van der Waals surface area (Å²) in [5.41, 5.74) is 0. The van der Waals surface area contributed by atoms with Gasteiger partial charge in [0, 0.05) is 7.05 Å². The Bertz CT molecular complexity index is 81.6. The minimum Gasteiger partial charge on any atom is -0.445 e. The molecular weight excluding hydrogens is 86.1 g/mol. The molecule has 0 atom stereocenters. The van der Waals surface area contributed by atoms with Gasteiger partial charge in [-0.05, 0) is 0 Å². The van der Waals surface area contributed by atoms with Gasteiger partial charge in [-0.2, -0.15) is 10.6 Å². The molecular formula is C2H6NOS-. The van der Waals surface area contributed by atoms with Gasteiger partial charge in [0.2, 0.25) is 0 Å². The second-order valence-electron chi connectivity index (χ2n) is 0.606. The molecule has 0 aromatic carbocycles. The largest absolute Gasteiger partial charge is 0.445 e. The van der Waals surface area contributed by atoms with Crippen molar-refractivity contribution in [1.29, 1.82) is 0 Å². The molecule has 0 aliphatic heterocycles. The van der Waals surface area contributed by atoms with E-state index in [1.165, 1.54) is 13.3 Å². The van der Waals surface area contributed by atoms with Crippen molar-refractivity contribution in [1.82, 2.24) is 0 Å². The van der Waals surface area contributed by atoms with E-state index in [-0.39, 0.29) is 0 Å². The van der Waals surface area contributed by atoms with Gasteiger partial charge in [-0.3, -0.25) is 0 Å². The summed E-state index contributed by atoms with van der Waals surface area (Å²) in [5.74, 6) is 0. The Balaban J connectivity index is 3.62. The zero-order chi connectivity index (χ0) is 4.28. The summed E-state index contributed by atoms with van der Waals surface area (Å²) in [4.78, 5) is 0. The monoisotopic (exact) mass is 92.0 g/mol. The Hall–Kier alpha value is -0.0500. The van der Waals surface area contributed by atoms with E-state index in [0.29, 0.717) is 0 Å². The van der Waals surface area contributed by atoms with Crippen LogP contribution in [0.3, 0.4) is 0 Å². The van der Waals surface area contributed by atoms with Crippen LogP contribution in [0.15, 0.2) is 4.36 Å². The molecule has 0 aliphatic rings. The minimum atomic E-state index is -0.948. The predicted octanol–water partition coefficient (Wildman–Crippen LogP) is 0.393. The van der Waals surface area contributed by atoms with E-state index in [1.54, 1.807) is 0 Å². The SMILES string of the molecule is CN=[S-](C)=O. The molecule has 0 aromatic heterocycles. The molecule has 0 aliphatic carbocycles. The lowest BCUT2D eigenvalue weighted by molar-refractivity contribution is 0.602. The first-order chi connectivity index (χ1) is 2.27. The Morgan fingerprint density at radius 3 is 2.00 bits per heavy atom. The van der Waals surface area contributed by atoms with Crippen molar-refractivity contribution in [3.63, 3.8) is 0 Å². The summed E-state index contributed by atoms with van der Waals surface area (Å²) in [7, 11) is 0.576. The first-order valence-corrected chi connectivity index (χ1v) is 2.72. The Kier molecular flexibility index (Phi) is 2.18. The van der Waals surface area contributed by atoms with Crippen molar-refractivity contribution in [3.05, 3.63) is 0 Å². The Morgan fingerprint density at radius 2 is 2.00 bits per heavy atom. The summed E-state index contributed by atoms with van der Waals surface area (Å²) < 4.78 is 13.1. The average Bonchev–Trinajstić information content (AvgIpc) is 1.38. The topological polar surface area (TPSA) is 29.4 Å². The molecule has 0 unspecified atom stereocenters. The molecule has 0 saturated heterocycles. The van der Waals surface area contributed by atoms with Crippen LogP contribution < -0.4 is 0 Å². The molecule has 5 heavy (non-hydrogen) atoms. The Labute approximate surface area is 33.4 Å². The van der Waals surface area contributed by atoms with E-state index >= 15 is 0 Å². The molecule has 0 amide bonds. The lowest BCUT2D eigenvalue weighted by Crippen LogP contribution is -1.57. The third-order valence-electron chi connectivity index (χ3n) is 0.257. The normalized spacial score (nSPS) is 15.6.